The van der Waals surface area contributed by atoms with Gasteiger partial charge in [-0.1, -0.05) is 0 Å². The molecule has 0 spiro atoms. The Labute approximate surface area is 70.7 Å². The molecule has 0 radical (unpaired) electrons. The van der Waals surface area contributed by atoms with Gasteiger partial charge in [-0.25, -0.2) is 0 Å². The zero-order valence-electron chi connectivity index (χ0n) is 5.92. The van der Waals surface area contributed by atoms with Crippen molar-refractivity contribution in [2.24, 2.45) is 0 Å². The first-order chi connectivity index (χ1) is 4.79. The summed E-state index contributed by atoms with van der Waals surface area (Å²) in [6.45, 7) is 1.59. The Kier molecular flexibility index (Phi) is 3.60. The van der Waals surface area contributed by atoms with Crippen molar-refractivity contribution in [2.45, 2.75) is 24.7 Å². The van der Waals surface area contributed by atoms with Gasteiger partial charge < -0.3 is 0 Å². The number of hydrogen-bond donors (Lipinski definition) is 1. The molecule has 0 aromatic rings. The van der Waals surface area contributed by atoms with Crippen LogP contribution in [0.25, 0.3) is 0 Å². The van der Waals surface area contributed by atoms with Gasteiger partial charge in [-0.2, -0.15) is 0 Å². The van der Waals surface area contributed by atoms with Crippen LogP contribution < -0.4 is 5.32 Å². The van der Waals surface area contributed by atoms with E-state index >= 15 is 0 Å². The van der Waals surface area contributed by atoms with Crippen LogP contribution in [-0.4, -0.2) is 31.5 Å². The van der Waals surface area contributed by atoms with Gasteiger partial charge in [0, 0.05) is 0 Å². The van der Waals surface area contributed by atoms with E-state index in [1.807, 2.05) is 10.2 Å². The Morgan fingerprint density at radius 3 is 3.10 bits per heavy atom. The van der Waals surface area contributed by atoms with Crippen molar-refractivity contribution in [3.8, 4) is 0 Å². The SMILES string of the molecule is CC(=O)N[C@H]1CC[Se]SC1. The van der Waals surface area contributed by atoms with E-state index in [9.17, 15) is 4.79 Å². The molecule has 0 unspecified atom stereocenters. The topological polar surface area (TPSA) is 29.1 Å². The quantitative estimate of drug-likeness (QED) is 0.663. The number of nitrogens with one attached hydrogen (secondary N) is 1. The van der Waals surface area contributed by atoms with Crippen LogP contribution in [0.2, 0.25) is 5.32 Å². The van der Waals surface area contributed by atoms with Crippen LogP contribution >= 0.6 is 10.2 Å². The van der Waals surface area contributed by atoms with E-state index in [0.717, 1.165) is 19.6 Å². The average Bonchev–Trinajstić information content (AvgIpc) is 1.88. The fraction of sp³-hybridized carbons (Fsp3) is 0.833. The van der Waals surface area contributed by atoms with Crippen LogP contribution in [0.1, 0.15) is 13.3 Å². The van der Waals surface area contributed by atoms with Gasteiger partial charge in [0.25, 0.3) is 0 Å². The Morgan fingerprint density at radius 1 is 1.80 bits per heavy atom. The summed E-state index contributed by atoms with van der Waals surface area (Å²) in [6, 6.07) is 0.457. The zero-order chi connectivity index (χ0) is 7.40. The molecular weight excluding hydrogens is 213 g/mol. The second kappa shape index (κ2) is 4.27. The Balaban J connectivity index is 2.19. The molecule has 0 aromatic heterocycles. The van der Waals surface area contributed by atoms with Crippen LogP contribution in [0.15, 0.2) is 0 Å². The molecule has 0 aliphatic carbocycles. The van der Waals surface area contributed by atoms with Crippen molar-refractivity contribution in [1.29, 1.82) is 0 Å². The van der Waals surface area contributed by atoms with Crippen molar-refractivity contribution < 1.29 is 4.79 Å². The Morgan fingerprint density at radius 2 is 2.60 bits per heavy atom. The summed E-state index contributed by atoms with van der Waals surface area (Å²) in [7, 11) is 1.99. The summed E-state index contributed by atoms with van der Waals surface area (Å²) >= 11 is 0.787. The minimum atomic E-state index is 0.111. The third kappa shape index (κ3) is 2.95. The van der Waals surface area contributed by atoms with Crippen LogP contribution in [-0.2, 0) is 4.79 Å². The zero-order valence-corrected chi connectivity index (χ0v) is 8.45. The van der Waals surface area contributed by atoms with Crippen molar-refractivity contribution in [1.82, 2.24) is 5.32 Å². The molecule has 4 heteroatoms. The first-order valence-electron chi connectivity index (χ1n) is 3.30. The standard InChI is InChI=1S/C6H11NOSSe/c1-5(8)7-6-2-3-10-9-4-6/h6H,2-4H2,1H3,(H,7,8)/t6-/m0/s1. The van der Waals surface area contributed by atoms with E-state index in [1.165, 1.54) is 11.7 Å². The van der Waals surface area contributed by atoms with Crippen LogP contribution in [0.5, 0.6) is 0 Å². The van der Waals surface area contributed by atoms with E-state index in [0.29, 0.717) is 6.04 Å². The first-order valence-corrected chi connectivity index (χ1v) is 7.52. The van der Waals surface area contributed by atoms with E-state index in [-0.39, 0.29) is 5.91 Å². The molecule has 0 bridgehead atoms. The second-order valence-electron chi connectivity index (χ2n) is 2.29. The van der Waals surface area contributed by atoms with Crippen molar-refractivity contribution in [3.05, 3.63) is 0 Å². The molecule has 1 fully saturated rings. The normalized spacial score (nSPS) is 25.9. The van der Waals surface area contributed by atoms with Crippen molar-refractivity contribution in [2.75, 3.05) is 5.75 Å². The van der Waals surface area contributed by atoms with Crippen LogP contribution in [0.4, 0.5) is 0 Å². The predicted octanol–water partition coefficient (Wildman–Crippen LogP) is 0.666. The maximum atomic E-state index is 10.6. The predicted molar refractivity (Wildman–Crippen MR) is 45.2 cm³/mol. The summed E-state index contributed by atoms with van der Waals surface area (Å²) in [5, 5.41) is 4.24. The first kappa shape index (κ1) is 8.44. The van der Waals surface area contributed by atoms with Gasteiger partial charge in [0.2, 0.25) is 0 Å². The maximum absolute atomic E-state index is 10.6. The molecule has 1 N–H and O–H groups in total. The van der Waals surface area contributed by atoms with Gasteiger partial charge in [0.1, 0.15) is 0 Å². The average molecular weight is 224 g/mol. The van der Waals surface area contributed by atoms with Crippen LogP contribution in [0, 0.1) is 0 Å². The second-order valence-corrected chi connectivity index (χ2v) is 6.92. The third-order valence-corrected chi connectivity index (χ3v) is 5.63. The minimum absolute atomic E-state index is 0.111. The van der Waals surface area contributed by atoms with Gasteiger partial charge in [-0.3, -0.25) is 0 Å². The van der Waals surface area contributed by atoms with Crippen molar-refractivity contribution >= 4 is 29.9 Å². The molecule has 1 aliphatic heterocycles. The molecule has 1 atom stereocenters. The fourth-order valence-electron chi connectivity index (χ4n) is 0.864. The molecule has 1 aliphatic rings. The van der Waals surface area contributed by atoms with Gasteiger partial charge in [0.05, 0.1) is 0 Å². The van der Waals surface area contributed by atoms with Gasteiger partial charge in [-0.05, 0) is 0 Å². The molecule has 0 aromatic carbocycles. The molecule has 1 saturated heterocycles. The Hall–Kier alpha value is 0.339. The molecule has 1 rings (SSSR count). The number of amides is 1. The molecule has 1 heterocycles. The summed E-state index contributed by atoms with van der Waals surface area (Å²) in [5.74, 6) is 1.24. The van der Waals surface area contributed by atoms with Gasteiger partial charge in [0.15, 0.2) is 0 Å². The summed E-state index contributed by atoms with van der Waals surface area (Å²) < 4.78 is 0. The third-order valence-electron chi connectivity index (χ3n) is 1.31. The number of hydrogen-bond acceptors (Lipinski definition) is 2. The molecular formula is C6H11NOSSe. The van der Waals surface area contributed by atoms with E-state index in [1.54, 1.807) is 6.92 Å². The van der Waals surface area contributed by atoms with E-state index in [2.05, 4.69) is 5.32 Å². The molecule has 10 heavy (non-hydrogen) atoms. The van der Waals surface area contributed by atoms with E-state index in [4.69, 9.17) is 0 Å². The summed E-state index contributed by atoms with van der Waals surface area (Å²) in [4.78, 5) is 10.6. The summed E-state index contributed by atoms with van der Waals surface area (Å²) in [5.41, 5.74) is 0. The van der Waals surface area contributed by atoms with Crippen LogP contribution in [0.3, 0.4) is 0 Å². The van der Waals surface area contributed by atoms with Crippen molar-refractivity contribution in [3.63, 3.8) is 0 Å². The fourth-order valence-corrected chi connectivity index (χ4v) is 5.17. The summed E-state index contributed by atoms with van der Waals surface area (Å²) in [6.07, 6.45) is 1.19. The van der Waals surface area contributed by atoms with E-state index < -0.39 is 0 Å². The molecule has 58 valence electrons. The molecule has 1 amide bonds. The number of carbonyl (C=O) groups excluding carboxylic acids is 1. The number of rotatable bonds is 1. The van der Waals surface area contributed by atoms with Gasteiger partial charge in [-0.15, -0.1) is 0 Å². The molecule has 2 nitrogen and oxygen atoms in total. The monoisotopic (exact) mass is 225 g/mol. The number of carbonyl (C=O) groups is 1. The molecule has 0 saturated carbocycles. The van der Waals surface area contributed by atoms with Gasteiger partial charge >= 0.3 is 70.5 Å². The Bertz CT molecular complexity index is 125.